The van der Waals surface area contributed by atoms with E-state index in [9.17, 15) is 5.11 Å². The normalized spacial score (nSPS) is 11.7. The highest BCUT2D eigenvalue weighted by Gasteiger charge is 2.15. The minimum Gasteiger partial charge on any atom is -0.507 e. The molecule has 0 bridgehead atoms. The van der Waals surface area contributed by atoms with Crippen LogP contribution in [-0.2, 0) is 0 Å². The summed E-state index contributed by atoms with van der Waals surface area (Å²) in [5, 5.41) is 17.9. The Bertz CT molecular complexity index is 1200. The Morgan fingerprint density at radius 1 is 0.667 bits per heavy atom. The summed E-state index contributed by atoms with van der Waals surface area (Å²) in [6.45, 7) is 2.14. The number of aromatic hydroxyl groups is 1. The van der Waals surface area contributed by atoms with Crippen molar-refractivity contribution in [2.24, 2.45) is 0 Å². The van der Waals surface area contributed by atoms with Gasteiger partial charge < -0.3 is 5.11 Å². The van der Waals surface area contributed by atoms with Crippen molar-refractivity contribution in [1.29, 1.82) is 0 Å². The van der Waals surface area contributed by atoms with Crippen LogP contribution in [0.1, 0.15) is 5.56 Å². The van der Waals surface area contributed by atoms with Crippen molar-refractivity contribution in [3.05, 3.63) is 78.4 Å². The predicted octanol–water partition coefficient (Wildman–Crippen LogP) is 6.27. The van der Waals surface area contributed by atoms with E-state index in [4.69, 9.17) is 0 Å². The zero-order valence-electron chi connectivity index (χ0n) is 13.4. The van der Waals surface area contributed by atoms with Gasteiger partial charge >= 0.3 is 0 Å². The van der Waals surface area contributed by atoms with Gasteiger partial charge in [-0.2, -0.15) is 0 Å². The van der Waals surface area contributed by atoms with Crippen molar-refractivity contribution in [1.82, 2.24) is 0 Å². The molecule has 0 fully saturated rings. The van der Waals surface area contributed by atoms with E-state index in [1.54, 1.807) is 0 Å². The number of benzene rings is 5. The SMILES string of the molecule is Cc1ccc2ccc3cc(-c4ccccc4)c(O)c4ccc1c2c34. The second-order valence-electron chi connectivity index (χ2n) is 6.44. The van der Waals surface area contributed by atoms with Crippen LogP contribution in [0.15, 0.2) is 72.8 Å². The highest BCUT2D eigenvalue weighted by molar-refractivity contribution is 6.25. The van der Waals surface area contributed by atoms with Gasteiger partial charge in [0.1, 0.15) is 5.75 Å². The van der Waals surface area contributed by atoms with Crippen molar-refractivity contribution in [2.45, 2.75) is 6.92 Å². The highest BCUT2D eigenvalue weighted by atomic mass is 16.3. The summed E-state index contributed by atoms with van der Waals surface area (Å²) in [5.41, 5.74) is 3.19. The largest absolute Gasteiger partial charge is 0.507 e. The molecule has 0 aromatic heterocycles. The third-order valence-corrected chi connectivity index (χ3v) is 5.06. The van der Waals surface area contributed by atoms with E-state index in [0.717, 1.165) is 21.9 Å². The molecule has 0 saturated carbocycles. The van der Waals surface area contributed by atoms with Crippen LogP contribution in [-0.4, -0.2) is 5.11 Å². The van der Waals surface area contributed by atoms with Crippen LogP contribution in [0.3, 0.4) is 0 Å². The topological polar surface area (TPSA) is 20.2 Å². The van der Waals surface area contributed by atoms with E-state index in [1.807, 2.05) is 30.3 Å². The first-order valence-corrected chi connectivity index (χ1v) is 8.19. The average Bonchev–Trinajstić information content (AvgIpc) is 2.63. The molecule has 0 aliphatic heterocycles. The first kappa shape index (κ1) is 13.4. The molecule has 114 valence electrons. The van der Waals surface area contributed by atoms with Crippen LogP contribution in [0.25, 0.3) is 43.4 Å². The molecular weight excluding hydrogens is 292 g/mol. The summed E-state index contributed by atoms with van der Waals surface area (Å²) in [6, 6.07) is 25.0. The number of phenols is 1. The van der Waals surface area contributed by atoms with Crippen LogP contribution in [0.5, 0.6) is 5.75 Å². The minimum absolute atomic E-state index is 0.365. The van der Waals surface area contributed by atoms with Crippen LogP contribution >= 0.6 is 0 Å². The number of hydrogen-bond acceptors (Lipinski definition) is 1. The highest BCUT2D eigenvalue weighted by Crippen LogP contribution is 2.43. The van der Waals surface area contributed by atoms with Crippen LogP contribution in [0, 0.1) is 6.92 Å². The summed E-state index contributed by atoms with van der Waals surface area (Å²) in [7, 11) is 0. The van der Waals surface area contributed by atoms with Gasteiger partial charge in [0, 0.05) is 16.3 Å². The van der Waals surface area contributed by atoms with E-state index >= 15 is 0 Å². The van der Waals surface area contributed by atoms with E-state index in [2.05, 4.69) is 49.4 Å². The van der Waals surface area contributed by atoms with Gasteiger partial charge in [-0.15, -0.1) is 0 Å². The van der Waals surface area contributed by atoms with E-state index in [0.29, 0.717) is 5.75 Å². The molecule has 5 rings (SSSR count). The lowest BCUT2D eigenvalue weighted by Crippen LogP contribution is -1.88. The third kappa shape index (κ3) is 1.70. The zero-order chi connectivity index (χ0) is 16.3. The summed E-state index contributed by atoms with van der Waals surface area (Å²) in [6.07, 6.45) is 0. The Kier molecular flexibility index (Phi) is 2.63. The molecule has 0 aliphatic rings. The number of aryl methyl sites for hydroxylation is 1. The standard InChI is InChI=1S/C23H16O/c1-14-7-8-16-9-10-17-13-20(15-5-3-2-4-6-15)23(24)19-12-11-18(14)21(16)22(17)19/h2-13,24H,1H3. The molecular formula is C23H16O. The molecule has 0 saturated heterocycles. The maximum atomic E-state index is 10.9. The van der Waals surface area contributed by atoms with Gasteiger partial charge in [-0.3, -0.25) is 0 Å². The smallest absolute Gasteiger partial charge is 0.131 e. The maximum absolute atomic E-state index is 10.9. The summed E-state index contributed by atoms with van der Waals surface area (Å²) in [5.74, 6) is 0.365. The molecule has 0 heterocycles. The predicted molar refractivity (Wildman–Crippen MR) is 102 cm³/mol. The molecule has 0 unspecified atom stereocenters. The van der Waals surface area contributed by atoms with Crippen molar-refractivity contribution < 1.29 is 5.11 Å². The molecule has 0 radical (unpaired) electrons. The molecule has 0 aliphatic carbocycles. The number of phenolic OH excluding ortho intramolecular Hbond substituents is 1. The maximum Gasteiger partial charge on any atom is 0.131 e. The first-order chi connectivity index (χ1) is 11.7. The molecule has 0 amide bonds. The Morgan fingerprint density at radius 3 is 2.17 bits per heavy atom. The molecule has 1 nitrogen and oxygen atoms in total. The Hall–Kier alpha value is -3.06. The van der Waals surface area contributed by atoms with Gasteiger partial charge in [0.15, 0.2) is 0 Å². The summed E-state index contributed by atoms with van der Waals surface area (Å²) in [4.78, 5) is 0. The third-order valence-electron chi connectivity index (χ3n) is 5.06. The van der Waals surface area contributed by atoms with E-state index in [-0.39, 0.29) is 0 Å². The fourth-order valence-electron chi connectivity index (χ4n) is 3.84. The molecule has 1 heteroatoms. The molecule has 1 N–H and O–H groups in total. The van der Waals surface area contributed by atoms with Crippen LogP contribution in [0.4, 0.5) is 0 Å². The molecule has 5 aromatic rings. The van der Waals surface area contributed by atoms with Crippen LogP contribution < -0.4 is 0 Å². The van der Waals surface area contributed by atoms with Gasteiger partial charge in [0.2, 0.25) is 0 Å². The van der Waals surface area contributed by atoms with Gasteiger partial charge in [0.25, 0.3) is 0 Å². The van der Waals surface area contributed by atoms with Gasteiger partial charge in [-0.05, 0) is 51.7 Å². The molecule has 5 aromatic carbocycles. The quantitative estimate of drug-likeness (QED) is 0.362. The monoisotopic (exact) mass is 308 g/mol. The van der Waals surface area contributed by atoms with Gasteiger partial charge in [0.05, 0.1) is 0 Å². The first-order valence-electron chi connectivity index (χ1n) is 8.19. The second-order valence-corrected chi connectivity index (χ2v) is 6.44. The van der Waals surface area contributed by atoms with E-state index in [1.165, 1.54) is 27.1 Å². The molecule has 0 atom stereocenters. The van der Waals surface area contributed by atoms with Gasteiger partial charge in [-0.1, -0.05) is 60.7 Å². The Labute approximate surface area is 140 Å². The minimum atomic E-state index is 0.365. The molecule has 24 heavy (non-hydrogen) atoms. The second kappa shape index (κ2) is 4.72. The van der Waals surface area contributed by atoms with Crippen molar-refractivity contribution in [3.8, 4) is 16.9 Å². The fraction of sp³-hybridized carbons (Fsp3) is 0.0435. The van der Waals surface area contributed by atoms with Crippen LogP contribution in [0.2, 0.25) is 0 Å². The van der Waals surface area contributed by atoms with Crippen molar-refractivity contribution in [2.75, 3.05) is 0 Å². The Balaban J connectivity index is 2.00. The number of hydrogen-bond donors (Lipinski definition) is 1. The average molecular weight is 308 g/mol. The lowest BCUT2D eigenvalue weighted by molar-refractivity contribution is 0.484. The van der Waals surface area contributed by atoms with Crippen molar-refractivity contribution >= 4 is 32.3 Å². The molecule has 0 spiro atoms. The lowest BCUT2D eigenvalue weighted by atomic mass is 9.89. The zero-order valence-corrected chi connectivity index (χ0v) is 13.4. The van der Waals surface area contributed by atoms with E-state index < -0.39 is 0 Å². The summed E-state index contributed by atoms with van der Waals surface area (Å²) < 4.78 is 0. The summed E-state index contributed by atoms with van der Waals surface area (Å²) >= 11 is 0. The number of rotatable bonds is 1. The lowest BCUT2D eigenvalue weighted by Gasteiger charge is -2.16. The Morgan fingerprint density at radius 2 is 1.33 bits per heavy atom. The van der Waals surface area contributed by atoms with Crippen molar-refractivity contribution in [3.63, 3.8) is 0 Å². The fourth-order valence-corrected chi connectivity index (χ4v) is 3.84. The van der Waals surface area contributed by atoms with Gasteiger partial charge in [-0.25, -0.2) is 0 Å².